The number of methoxy groups -OCH3 is 1. The van der Waals surface area contributed by atoms with Crippen LogP contribution in [0.25, 0.3) is 0 Å². The van der Waals surface area contributed by atoms with Crippen molar-refractivity contribution in [2.24, 2.45) is 23.5 Å². The molecule has 0 spiro atoms. The molecule has 2 saturated heterocycles. The number of ether oxygens (including phenoxy) is 1. The number of piperidine rings is 2. The minimum Gasteiger partial charge on any atom is -0.377 e. The Kier molecular flexibility index (Phi) is 6.84. The number of nitrogens with two attached hydrogens (primary N) is 1. The second-order valence-corrected chi connectivity index (χ2v) is 7.70. The molecule has 0 radical (unpaired) electrons. The summed E-state index contributed by atoms with van der Waals surface area (Å²) in [6, 6.07) is 1.94. The molecule has 0 aliphatic carbocycles. The van der Waals surface area contributed by atoms with E-state index >= 15 is 0 Å². The first-order valence-corrected chi connectivity index (χ1v) is 9.78. The molecule has 0 aromatic carbocycles. The number of rotatable bonds is 7. The van der Waals surface area contributed by atoms with E-state index in [1.807, 2.05) is 11.0 Å². The molecular weight excluding hydrogens is 348 g/mol. The van der Waals surface area contributed by atoms with E-state index in [9.17, 15) is 9.59 Å². The van der Waals surface area contributed by atoms with E-state index in [4.69, 9.17) is 15.0 Å². The summed E-state index contributed by atoms with van der Waals surface area (Å²) in [5.41, 5.74) is 6.29. The lowest BCUT2D eigenvalue weighted by Crippen LogP contribution is -2.44. The third kappa shape index (κ3) is 5.29. The first kappa shape index (κ1) is 19.8. The highest BCUT2D eigenvalue weighted by Gasteiger charge is 2.31. The summed E-state index contributed by atoms with van der Waals surface area (Å²) in [7, 11) is 1.63. The number of likely N-dealkylation sites (tertiary alicyclic amines) is 1. The van der Waals surface area contributed by atoms with Gasteiger partial charge in [0.15, 0.2) is 5.76 Å². The van der Waals surface area contributed by atoms with Gasteiger partial charge in [-0.3, -0.25) is 9.59 Å². The molecule has 0 unspecified atom stereocenters. The Labute approximate surface area is 159 Å². The Morgan fingerprint density at radius 3 is 2.81 bits per heavy atom. The van der Waals surface area contributed by atoms with Crippen LogP contribution >= 0.6 is 0 Å². The Bertz CT molecular complexity index is 639. The maximum Gasteiger partial charge on any atom is 0.222 e. The van der Waals surface area contributed by atoms with E-state index in [0.29, 0.717) is 50.8 Å². The molecule has 2 aliphatic rings. The van der Waals surface area contributed by atoms with Crippen LogP contribution in [-0.4, -0.2) is 55.2 Å². The largest absolute Gasteiger partial charge is 0.377 e. The number of primary amides is 1. The van der Waals surface area contributed by atoms with E-state index in [0.717, 1.165) is 37.4 Å². The van der Waals surface area contributed by atoms with Crippen molar-refractivity contribution in [3.63, 3.8) is 0 Å². The molecule has 1 aromatic rings. The summed E-state index contributed by atoms with van der Waals surface area (Å²) < 4.78 is 10.3. The molecular formula is C19H30N4O4. The van der Waals surface area contributed by atoms with Crippen LogP contribution < -0.4 is 11.1 Å². The van der Waals surface area contributed by atoms with Crippen LogP contribution in [0, 0.1) is 17.8 Å². The topological polar surface area (TPSA) is 111 Å². The van der Waals surface area contributed by atoms with Gasteiger partial charge in [0.25, 0.3) is 0 Å². The van der Waals surface area contributed by atoms with Gasteiger partial charge in [0.05, 0.1) is 5.69 Å². The van der Waals surface area contributed by atoms with Gasteiger partial charge in [0.1, 0.15) is 6.61 Å². The Balaban J connectivity index is 1.53. The zero-order valence-electron chi connectivity index (χ0n) is 16.0. The molecule has 8 nitrogen and oxygen atoms in total. The van der Waals surface area contributed by atoms with Gasteiger partial charge in [-0.15, -0.1) is 0 Å². The normalized spacial score (nSPS) is 24.1. The SMILES string of the molecule is COCc1cc(C[C@H]2CNCC[C@H]2CC(=O)N2CCC(C(N)=O)CC2)no1. The molecule has 2 amide bonds. The number of carbonyl (C=O) groups excluding carboxylic acids is 2. The molecule has 3 rings (SSSR count). The minimum atomic E-state index is -0.249. The fourth-order valence-corrected chi connectivity index (χ4v) is 4.18. The van der Waals surface area contributed by atoms with Crippen molar-refractivity contribution in [3.05, 3.63) is 17.5 Å². The monoisotopic (exact) mass is 378 g/mol. The second kappa shape index (κ2) is 9.32. The first-order valence-electron chi connectivity index (χ1n) is 9.78. The second-order valence-electron chi connectivity index (χ2n) is 7.70. The van der Waals surface area contributed by atoms with Gasteiger partial charge in [-0.2, -0.15) is 0 Å². The van der Waals surface area contributed by atoms with Crippen molar-refractivity contribution in [3.8, 4) is 0 Å². The van der Waals surface area contributed by atoms with E-state index in [1.165, 1.54) is 0 Å². The predicted molar refractivity (Wildman–Crippen MR) is 98.5 cm³/mol. The predicted octanol–water partition coefficient (Wildman–Crippen LogP) is 0.703. The van der Waals surface area contributed by atoms with Crippen molar-refractivity contribution in [1.29, 1.82) is 0 Å². The molecule has 1 aromatic heterocycles. The zero-order valence-corrected chi connectivity index (χ0v) is 16.0. The fraction of sp³-hybridized carbons (Fsp3) is 0.737. The summed E-state index contributed by atoms with van der Waals surface area (Å²) in [6.07, 6.45) is 3.69. The maximum absolute atomic E-state index is 12.8. The van der Waals surface area contributed by atoms with Crippen molar-refractivity contribution < 1.29 is 18.8 Å². The van der Waals surface area contributed by atoms with Crippen LogP contribution in [0.1, 0.15) is 37.1 Å². The highest BCUT2D eigenvalue weighted by molar-refractivity contribution is 5.79. The number of aromatic nitrogens is 1. The number of amides is 2. The molecule has 3 heterocycles. The van der Waals surface area contributed by atoms with E-state index in [-0.39, 0.29) is 17.7 Å². The molecule has 8 heteroatoms. The maximum atomic E-state index is 12.8. The number of hydrogen-bond donors (Lipinski definition) is 2. The summed E-state index contributed by atoms with van der Waals surface area (Å²) in [6.45, 7) is 3.50. The van der Waals surface area contributed by atoms with Gasteiger partial charge in [-0.05, 0) is 50.6 Å². The van der Waals surface area contributed by atoms with Gasteiger partial charge in [0, 0.05) is 38.6 Å². The summed E-state index contributed by atoms with van der Waals surface area (Å²) in [4.78, 5) is 26.0. The van der Waals surface area contributed by atoms with Crippen LogP contribution in [0.5, 0.6) is 0 Å². The summed E-state index contributed by atoms with van der Waals surface area (Å²) in [5, 5.41) is 7.56. The van der Waals surface area contributed by atoms with Crippen LogP contribution in [0.2, 0.25) is 0 Å². The summed E-state index contributed by atoms with van der Waals surface area (Å²) >= 11 is 0. The van der Waals surface area contributed by atoms with E-state index in [1.54, 1.807) is 7.11 Å². The van der Waals surface area contributed by atoms with Gasteiger partial charge in [-0.1, -0.05) is 5.16 Å². The number of nitrogens with one attached hydrogen (secondary N) is 1. The molecule has 2 fully saturated rings. The van der Waals surface area contributed by atoms with Gasteiger partial charge in [-0.25, -0.2) is 0 Å². The molecule has 150 valence electrons. The first-order chi connectivity index (χ1) is 13.1. The molecule has 27 heavy (non-hydrogen) atoms. The quantitative estimate of drug-likeness (QED) is 0.723. The highest BCUT2D eigenvalue weighted by atomic mass is 16.5. The highest BCUT2D eigenvalue weighted by Crippen LogP contribution is 2.28. The third-order valence-electron chi connectivity index (χ3n) is 5.82. The molecule has 0 saturated carbocycles. The smallest absolute Gasteiger partial charge is 0.222 e. The Hall–Kier alpha value is -1.93. The van der Waals surface area contributed by atoms with Crippen LogP contribution in [0.15, 0.2) is 10.6 Å². The standard InChI is InChI=1S/C19H30N4O4/c1-26-12-17-10-16(22-27-17)8-15-11-21-5-2-14(15)9-18(24)23-6-3-13(4-7-23)19(20)25/h10,13-15,21H,2-9,11-12H2,1H3,(H2,20,25)/t14-,15-/m0/s1. The van der Waals surface area contributed by atoms with Gasteiger partial charge in [0.2, 0.25) is 11.8 Å². The number of hydrogen-bond acceptors (Lipinski definition) is 6. The number of nitrogens with zero attached hydrogens (tertiary/aromatic N) is 2. The van der Waals surface area contributed by atoms with Crippen LogP contribution in [0.4, 0.5) is 0 Å². The van der Waals surface area contributed by atoms with Crippen molar-refractivity contribution in [2.45, 2.75) is 38.7 Å². The third-order valence-corrected chi connectivity index (χ3v) is 5.82. The van der Waals surface area contributed by atoms with E-state index < -0.39 is 0 Å². The van der Waals surface area contributed by atoms with Crippen LogP contribution in [-0.2, 0) is 27.4 Å². The fourth-order valence-electron chi connectivity index (χ4n) is 4.18. The Morgan fingerprint density at radius 1 is 1.33 bits per heavy atom. The minimum absolute atomic E-state index is 0.0888. The molecule has 2 aliphatic heterocycles. The lowest BCUT2D eigenvalue weighted by molar-refractivity contribution is -0.136. The molecule has 2 atom stereocenters. The molecule has 3 N–H and O–H groups in total. The van der Waals surface area contributed by atoms with E-state index in [2.05, 4.69) is 10.5 Å². The van der Waals surface area contributed by atoms with Crippen molar-refractivity contribution >= 4 is 11.8 Å². The van der Waals surface area contributed by atoms with Crippen molar-refractivity contribution in [1.82, 2.24) is 15.4 Å². The lowest BCUT2D eigenvalue weighted by atomic mass is 9.80. The van der Waals surface area contributed by atoms with Crippen molar-refractivity contribution in [2.75, 3.05) is 33.3 Å². The summed E-state index contributed by atoms with van der Waals surface area (Å²) in [5.74, 6) is 1.26. The Morgan fingerprint density at radius 2 is 2.11 bits per heavy atom. The zero-order chi connectivity index (χ0) is 19.2. The lowest BCUT2D eigenvalue weighted by Gasteiger charge is -2.35. The molecule has 0 bridgehead atoms. The van der Waals surface area contributed by atoms with Gasteiger partial charge < -0.3 is 25.2 Å². The average Bonchev–Trinajstić information content (AvgIpc) is 3.11. The average molecular weight is 378 g/mol. The van der Waals surface area contributed by atoms with Crippen LogP contribution in [0.3, 0.4) is 0 Å². The number of carbonyl (C=O) groups is 2. The van der Waals surface area contributed by atoms with Gasteiger partial charge >= 0.3 is 0 Å².